The molecule has 0 bridgehead atoms. The Morgan fingerprint density at radius 2 is 2.18 bits per heavy atom. The summed E-state index contributed by atoms with van der Waals surface area (Å²) in [5.74, 6) is 0.850. The van der Waals surface area contributed by atoms with E-state index in [4.69, 9.17) is 0 Å². The standard InChI is InChI=1S/C16H21FN2O2S/c17-13-9-12(3-4-14(13)19-6-1-2-7-19)15(20)18-10-16(21)5-8-22-11-16/h3-4,9,21H,1-2,5-8,10-11H2,(H,18,20). The molecule has 1 amide bonds. The molecule has 2 heterocycles. The van der Waals surface area contributed by atoms with E-state index in [1.54, 1.807) is 23.9 Å². The maximum Gasteiger partial charge on any atom is 0.251 e. The number of carbonyl (C=O) groups excluding carboxylic acids is 1. The van der Waals surface area contributed by atoms with Gasteiger partial charge in [0.2, 0.25) is 0 Å². The maximum absolute atomic E-state index is 14.2. The van der Waals surface area contributed by atoms with E-state index in [0.29, 0.717) is 23.4 Å². The number of nitrogens with one attached hydrogen (secondary N) is 1. The van der Waals surface area contributed by atoms with Gasteiger partial charge in [-0.25, -0.2) is 4.39 Å². The summed E-state index contributed by atoms with van der Waals surface area (Å²) in [6.45, 7) is 1.95. The molecule has 4 nitrogen and oxygen atoms in total. The molecule has 0 saturated carbocycles. The average Bonchev–Trinajstić information content (AvgIpc) is 3.17. The lowest BCUT2D eigenvalue weighted by atomic mass is 10.0. The number of halogens is 1. The molecule has 120 valence electrons. The quantitative estimate of drug-likeness (QED) is 0.890. The van der Waals surface area contributed by atoms with E-state index in [1.807, 2.05) is 4.90 Å². The van der Waals surface area contributed by atoms with E-state index in [-0.39, 0.29) is 18.3 Å². The zero-order valence-corrected chi connectivity index (χ0v) is 13.3. The van der Waals surface area contributed by atoms with Crippen molar-refractivity contribution in [1.29, 1.82) is 0 Å². The Kier molecular flexibility index (Phi) is 4.59. The Morgan fingerprint density at radius 1 is 1.41 bits per heavy atom. The van der Waals surface area contributed by atoms with Gasteiger partial charge in [-0.05, 0) is 43.2 Å². The first kappa shape index (κ1) is 15.6. The highest BCUT2D eigenvalue weighted by Crippen LogP contribution is 2.27. The largest absolute Gasteiger partial charge is 0.387 e. The minimum atomic E-state index is -0.825. The Hall–Kier alpha value is -1.27. The predicted octanol–water partition coefficient (Wildman–Crippen LogP) is 2.02. The van der Waals surface area contributed by atoms with Gasteiger partial charge in [0.25, 0.3) is 5.91 Å². The lowest BCUT2D eigenvalue weighted by Gasteiger charge is -2.22. The first-order valence-electron chi connectivity index (χ1n) is 7.70. The van der Waals surface area contributed by atoms with Crippen molar-refractivity contribution in [3.05, 3.63) is 29.6 Å². The molecule has 2 saturated heterocycles. The minimum absolute atomic E-state index is 0.217. The van der Waals surface area contributed by atoms with E-state index in [1.165, 1.54) is 6.07 Å². The second kappa shape index (κ2) is 6.46. The first-order valence-corrected chi connectivity index (χ1v) is 8.86. The van der Waals surface area contributed by atoms with Gasteiger partial charge in [0.15, 0.2) is 0 Å². The summed E-state index contributed by atoms with van der Waals surface area (Å²) in [6.07, 6.45) is 2.84. The highest BCUT2D eigenvalue weighted by molar-refractivity contribution is 7.99. The Morgan fingerprint density at radius 3 is 2.82 bits per heavy atom. The van der Waals surface area contributed by atoms with Gasteiger partial charge >= 0.3 is 0 Å². The van der Waals surface area contributed by atoms with Crippen LogP contribution in [0.25, 0.3) is 0 Å². The fraction of sp³-hybridized carbons (Fsp3) is 0.562. The smallest absolute Gasteiger partial charge is 0.251 e. The third-order valence-electron chi connectivity index (χ3n) is 4.32. The summed E-state index contributed by atoms with van der Waals surface area (Å²) in [5.41, 5.74) is 0.0449. The molecule has 0 aliphatic carbocycles. The van der Waals surface area contributed by atoms with Gasteiger partial charge in [-0.1, -0.05) is 0 Å². The molecule has 3 rings (SSSR count). The molecule has 1 unspecified atom stereocenters. The topological polar surface area (TPSA) is 52.6 Å². The van der Waals surface area contributed by atoms with Crippen molar-refractivity contribution in [3.8, 4) is 0 Å². The van der Waals surface area contributed by atoms with Crippen LogP contribution >= 0.6 is 11.8 Å². The van der Waals surface area contributed by atoms with Crippen LogP contribution in [0.5, 0.6) is 0 Å². The van der Waals surface area contributed by atoms with Crippen molar-refractivity contribution in [3.63, 3.8) is 0 Å². The van der Waals surface area contributed by atoms with Gasteiger partial charge < -0.3 is 15.3 Å². The molecular weight excluding hydrogens is 303 g/mol. The molecule has 1 aromatic carbocycles. The van der Waals surface area contributed by atoms with Gasteiger partial charge in [-0.2, -0.15) is 11.8 Å². The van der Waals surface area contributed by atoms with Crippen LogP contribution in [-0.4, -0.2) is 47.8 Å². The number of aliphatic hydroxyl groups is 1. The maximum atomic E-state index is 14.2. The number of benzene rings is 1. The van der Waals surface area contributed by atoms with Crippen molar-refractivity contribution >= 4 is 23.4 Å². The summed E-state index contributed by atoms with van der Waals surface area (Å²) in [6, 6.07) is 4.62. The Balaban J connectivity index is 1.64. The fourth-order valence-electron chi connectivity index (χ4n) is 2.95. The molecule has 2 N–H and O–H groups in total. The number of carbonyl (C=O) groups is 1. The summed E-state index contributed by atoms with van der Waals surface area (Å²) < 4.78 is 14.2. The zero-order chi connectivity index (χ0) is 15.6. The normalized spacial score (nSPS) is 24.7. The lowest BCUT2D eigenvalue weighted by Crippen LogP contribution is -2.43. The second-order valence-corrected chi connectivity index (χ2v) is 7.18. The van der Waals surface area contributed by atoms with Crippen LogP contribution in [0.15, 0.2) is 18.2 Å². The predicted molar refractivity (Wildman–Crippen MR) is 87.1 cm³/mol. The third-order valence-corrected chi connectivity index (χ3v) is 5.55. The van der Waals surface area contributed by atoms with Crippen LogP contribution in [0.2, 0.25) is 0 Å². The molecule has 0 aromatic heterocycles. The molecule has 0 spiro atoms. The third kappa shape index (κ3) is 3.38. The van der Waals surface area contributed by atoms with Crippen molar-refractivity contribution in [1.82, 2.24) is 5.32 Å². The van der Waals surface area contributed by atoms with Crippen LogP contribution < -0.4 is 10.2 Å². The second-order valence-electron chi connectivity index (χ2n) is 6.07. The van der Waals surface area contributed by atoms with E-state index in [0.717, 1.165) is 31.7 Å². The van der Waals surface area contributed by atoms with Gasteiger partial charge in [0.05, 0.1) is 11.3 Å². The molecular formula is C16H21FN2O2S. The zero-order valence-electron chi connectivity index (χ0n) is 12.5. The van der Waals surface area contributed by atoms with Crippen LogP contribution in [-0.2, 0) is 0 Å². The number of nitrogens with zero attached hydrogens (tertiary/aromatic N) is 1. The highest BCUT2D eigenvalue weighted by Gasteiger charge is 2.32. The first-order chi connectivity index (χ1) is 10.6. The lowest BCUT2D eigenvalue weighted by molar-refractivity contribution is 0.0612. The van der Waals surface area contributed by atoms with Gasteiger partial charge in [-0.15, -0.1) is 0 Å². The summed E-state index contributed by atoms with van der Waals surface area (Å²) in [7, 11) is 0. The molecule has 1 atom stereocenters. The van der Waals surface area contributed by atoms with Crippen molar-refractivity contribution in [2.45, 2.75) is 24.9 Å². The average molecular weight is 324 g/mol. The number of rotatable bonds is 4. The van der Waals surface area contributed by atoms with Crippen LogP contribution in [0.3, 0.4) is 0 Å². The summed E-state index contributed by atoms with van der Waals surface area (Å²) >= 11 is 1.68. The van der Waals surface area contributed by atoms with Crippen LogP contribution in [0, 0.1) is 5.82 Å². The summed E-state index contributed by atoms with van der Waals surface area (Å²) in [5, 5.41) is 12.9. The van der Waals surface area contributed by atoms with E-state index in [2.05, 4.69) is 5.32 Å². The van der Waals surface area contributed by atoms with Crippen LogP contribution in [0.4, 0.5) is 10.1 Å². The number of thioether (sulfide) groups is 1. The van der Waals surface area contributed by atoms with Gasteiger partial charge in [-0.3, -0.25) is 4.79 Å². The molecule has 0 radical (unpaired) electrons. The molecule has 2 fully saturated rings. The number of amides is 1. The molecule has 22 heavy (non-hydrogen) atoms. The van der Waals surface area contributed by atoms with Gasteiger partial charge in [0.1, 0.15) is 5.82 Å². The monoisotopic (exact) mass is 324 g/mol. The van der Waals surface area contributed by atoms with E-state index < -0.39 is 5.60 Å². The summed E-state index contributed by atoms with van der Waals surface area (Å²) in [4.78, 5) is 14.1. The minimum Gasteiger partial charge on any atom is -0.387 e. The SMILES string of the molecule is O=C(NCC1(O)CCSC1)c1ccc(N2CCCC2)c(F)c1. The fourth-order valence-corrected chi connectivity index (χ4v) is 4.24. The Bertz CT molecular complexity index is 555. The van der Waals surface area contributed by atoms with Crippen molar-refractivity contribution < 1.29 is 14.3 Å². The number of hydrogen-bond donors (Lipinski definition) is 2. The number of anilines is 1. The molecule has 6 heteroatoms. The van der Waals surface area contributed by atoms with Crippen molar-refractivity contribution in [2.75, 3.05) is 36.0 Å². The van der Waals surface area contributed by atoms with E-state index in [9.17, 15) is 14.3 Å². The van der Waals surface area contributed by atoms with E-state index >= 15 is 0 Å². The molecule has 2 aliphatic rings. The van der Waals surface area contributed by atoms with Crippen molar-refractivity contribution in [2.24, 2.45) is 0 Å². The van der Waals surface area contributed by atoms with Crippen LogP contribution in [0.1, 0.15) is 29.6 Å². The Labute approximate surface area is 134 Å². The molecule has 2 aliphatic heterocycles. The number of hydrogen-bond acceptors (Lipinski definition) is 4. The highest BCUT2D eigenvalue weighted by atomic mass is 32.2. The van der Waals surface area contributed by atoms with Gasteiger partial charge in [0, 0.05) is 31.0 Å². The molecule has 1 aromatic rings.